The first kappa shape index (κ1) is 25.9. The molecule has 0 aliphatic carbocycles. The van der Waals surface area contributed by atoms with Crippen LogP contribution in [0.4, 0.5) is 18.9 Å². The van der Waals surface area contributed by atoms with Gasteiger partial charge >= 0.3 is 6.18 Å². The Bertz CT molecular complexity index is 1220. The minimum Gasteiger partial charge on any atom is -0.378 e. The van der Waals surface area contributed by atoms with E-state index in [4.69, 9.17) is 22.1 Å². The van der Waals surface area contributed by atoms with E-state index in [1.807, 2.05) is 6.92 Å². The van der Waals surface area contributed by atoms with E-state index in [0.717, 1.165) is 6.20 Å². The fourth-order valence-corrected chi connectivity index (χ4v) is 4.94. The van der Waals surface area contributed by atoms with Crippen molar-refractivity contribution in [2.24, 2.45) is 10.7 Å². The van der Waals surface area contributed by atoms with E-state index in [1.54, 1.807) is 19.1 Å². The zero-order valence-corrected chi connectivity index (χ0v) is 20.4. The molecule has 192 valence electrons. The van der Waals surface area contributed by atoms with Crippen LogP contribution in [0.25, 0.3) is 0 Å². The van der Waals surface area contributed by atoms with Crippen molar-refractivity contribution < 1.29 is 27.5 Å². The van der Waals surface area contributed by atoms with Crippen LogP contribution in [0.2, 0.25) is 5.02 Å². The average Bonchev–Trinajstić information content (AvgIpc) is 2.79. The van der Waals surface area contributed by atoms with Gasteiger partial charge in [-0.05, 0) is 38.8 Å². The Balaban J connectivity index is 1.60. The van der Waals surface area contributed by atoms with Crippen molar-refractivity contribution in [1.82, 2.24) is 9.88 Å². The Morgan fingerprint density at radius 2 is 2.08 bits per heavy atom. The van der Waals surface area contributed by atoms with E-state index in [2.05, 4.69) is 15.3 Å². The lowest BCUT2D eigenvalue weighted by molar-refractivity contribution is -0.138. The molecule has 2 amide bonds. The summed E-state index contributed by atoms with van der Waals surface area (Å²) in [6.45, 7) is 4.17. The van der Waals surface area contributed by atoms with Gasteiger partial charge in [0, 0.05) is 30.6 Å². The number of hydrogen-bond acceptors (Lipinski definition) is 6. The van der Waals surface area contributed by atoms with Gasteiger partial charge in [0.25, 0.3) is 5.91 Å². The zero-order chi connectivity index (χ0) is 26.3. The highest BCUT2D eigenvalue weighted by Crippen LogP contribution is 2.41. The number of carbonyl (C=O) groups is 2. The Kier molecular flexibility index (Phi) is 6.98. The molecule has 0 spiro atoms. The van der Waals surface area contributed by atoms with E-state index in [0.29, 0.717) is 37.3 Å². The van der Waals surface area contributed by atoms with E-state index >= 15 is 0 Å². The molecule has 4 rings (SSSR count). The number of alkyl halides is 3. The number of halogens is 4. The number of nitrogens with zero attached hydrogens (tertiary/aromatic N) is 3. The molecule has 0 bridgehead atoms. The molecular weight excluding hydrogens is 499 g/mol. The number of aromatic nitrogens is 1. The van der Waals surface area contributed by atoms with Gasteiger partial charge in [0.15, 0.2) is 5.96 Å². The lowest BCUT2D eigenvalue weighted by atomic mass is 9.86. The number of ether oxygens (including phenoxy) is 1. The first-order chi connectivity index (χ1) is 16.9. The van der Waals surface area contributed by atoms with Gasteiger partial charge in [-0.15, -0.1) is 0 Å². The maximum absolute atomic E-state index is 13.2. The second-order valence-electron chi connectivity index (χ2n) is 9.13. The predicted octanol–water partition coefficient (Wildman–Crippen LogP) is 4.34. The number of guanidine groups is 1. The summed E-state index contributed by atoms with van der Waals surface area (Å²) in [7, 11) is 0. The van der Waals surface area contributed by atoms with Crippen molar-refractivity contribution in [1.29, 1.82) is 0 Å². The maximum atomic E-state index is 13.2. The molecule has 0 radical (unpaired) electrons. The van der Waals surface area contributed by atoms with Gasteiger partial charge in [0.2, 0.25) is 5.91 Å². The van der Waals surface area contributed by atoms with Crippen LogP contribution in [0, 0.1) is 0 Å². The van der Waals surface area contributed by atoms with Gasteiger partial charge in [0.1, 0.15) is 0 Å². The highest BCUT2D eigenvalue weighted by atomic mass is 35.5. The van der Waals surface area contributed by atoms with Crippen LogP contribution in [0.5, 0.6) is 0 Å². The molecule has 0 saturated carbocycles. The summed E-state index contributed by atoms with van der Waals surface area (Å²) in [6.07, 6.45) is -1.69. The number of carbonyl (C=O) groups excluding carboxylic acids is 2. The standard InChI is InChI=1S/C24H25ClF3N5O3/c1-13-8-16(6-7-36-13)33-19(34)10-23(2,32-22(33)29)17-4-3-5-18(20(17)25)31-21(35)14-9-15(12-30-11-14)24(26,27)28/h3-5,9,11-13,16H,6-8,10H2,1-2H3,(H2,29,32)(H,31,35)/t13-,16-,23+/m1/s1. The largest absolute Gasteiger partial charge is 0.417 e. The van der Waals surface area contributed by atoms with E-state index < -0.39 is 23.2 Å². The molecule has 1 aromatic carbocycles. The number of rotatable bonds is 4. The van der Waals surface area contributed by atoms with Crippen LogP contribution in [0.3, 0.4) is 0 Å². The molecule has 2 aromatic rings. The molecule has 1 aromatic heterocycles. The summed E-state index contributed by atoms with van der Waals surface area (Å²) < 4.78 is 44.6. The van der Waals surface area contributed by atoms with Crippen molar-refractivity contribution in [2.45, 2.75) is 57.0 Å². The predicted molar refractivity (Wildman–Crippen MR) is 128 cm³/mol. The molecule has 3 atom stereocenters. The summed E-state index contributed by atoms with van der Waals surface area (Å²) in [5.41, 5.74) is 4.42. The Labute approximate surface area is 210 Å². The number of aliphatic imine (C=N–C) groups is 1. The minimum atomic E-state index is -4.64. The topological polar surface area (TPSA) is 110 Å². The normalized spacial score (nSPS) is 24.9. The zero-order valence-electron chi connectivity index (χ0n) is 19.6. The smallest absolute Gasteiger partial charge is 0.378 e. The number of anilines is 1. The molecule has 0 unspecified atom stereocenters. The maximum Gasteiger partial charge on any atom is 0.417 e. The van der Waals surface area contributed by atoms with E-state index in [-0.39, 0.29) is 46.7 Å². The quantitative estimate of drug-likeness (QED) is 0.619. The molecule has 2 aliphatic rings. The Hall–Kier alpha value is -3.18. The first-order valence-corrected chi connectivity index (χ1v) is 11.7. The molecule has 1 saturated heterocycles. The van der Waals surface area contributed by atoms with Crippen LogP contribution < -0.4 is 11.1 Å². The molecule has 2 aliphatic heterocycles. The molecule has 12 heteroatoms. The molecular formula is C24H25ClF3N5O3. The van der Waals surface area contributed by atoms with Gasteiger partial charge < -0.3 is 15.8 Å². The van der Waals surface area contributed by atoms with E-state index in [1.165, 1.54) is 11.0 Å². The monoisotopic (exact) mass is 523 g/mol. The lowest BCUT2D eigenvalue weighted by Gasteiger charge is -2.41. The lowest BCUT2D eigenvalue weighted by Crippen LogP contribution is -2.56. The van der Waals surface area contributed by atoms with Crippen molar-refractivity contribution >= 4 is 35.1 Å². The number of benzene rings is 1. The summed E-state index contributed by atoms with van der Waals surface area (Å²) in [5, 5.41) is 2.63. The number of nitrogens with two attached hydrogens (primary N) is 1. The summed E-state index contributed by atoms with van der Waals surface area (Å²) >= 11 is 6.60. The van der Waals surface area contributed by atoms with Crippen molar-refractivity contribution in [3.63, 3.8) is 0 Å². The molecule has 3 N–H and O–H groups in total. The van der Waals surface area contributed by atoms with Crippen LogP contribution in [0.1, 0.15) is 54.6 Å². The van der Waals surface area contributed by atoms with Gasteiger partial charge in [-0.2, -0.15) is 13.2 Å². The van der Waals surface area contributed by atoms with Gasteiger partial charge in [-0.25, -0.2) is 4.99 Å². The summed E-state index contributed by atoms with van der Waals surface area (Å²) in [6, 6.07) is 5.37. The highest BCUT2D eigenvalue weighted by Gasteiger charge is 2.42. The molecule has 36 heavy (non-hydrogen) atoms. The summed E-state index contributed by atoms with van der Waals surface area (Å²) in [4.78, 5) is 35.5. The van der Waals surface area contributed by atoms with Crippen molar-refractivity contribution in [3.8, 4) is 0 Å². The van der Waals surface area contributed by atoms with Crippen molar-refractivity contribution in [3.05, 3.63) is 58.4 Å². The van der Waals surface area contributed by atoms with Gasteiger partial charge in [-0.3, -0.25) is 19.5 Å². The van der Waals surface area contributed by atoms with Crippen LogP contribution in [-0.4, -0.2) is 46.4 Å². The fourth-order valence-electron chi connectivity index (χ4n) is 4.57. The van der Waals surface area contributed by atoms with Crippen LogP contribution in [-0.2, 0) is 21.2 Å². The number of hydrogen-bond donors (Lipinski definition) is 2. The van der Waals surface area contributed by atoms with Crippen LogP contribution >= 0.6 is 11.6 Å². The molecule has 3 heterocycles. The molecule has 8 nitrogen and oxygen atoms in total. The van der Waals surface area contributed by atoms with Gasteiger partial charge in [-0.1, -0.05) is 23.7 Å². The second kappa shape index (κ2) is 9.70. The SMILES string of the molecule is C[C@@H]1C[C@H](N2C(=O)C[C@@](C)(c3cccc(NC(=O)c4cncc(C(F)(F)F)c4)c3Cl)N=C2N)CCO1. The van der Waals surface area contributed by atoms with Crippen LogP contribution in [0.15, 0.2) is 41.7 Å². The first-order valence-electron chi connectivity index (χ1n) is 11.3. The van der Waals surface area contributed by atoms with Gasteiger partial charge in [0.05, 0.1) is 39.9 Å². The van der Waals surface area contributed by atoms with E-state index in [9.17, 15) is 22.8 Å². The number of pyridine rings is 1. The third-order valence-corrected chi connectivity index (χ3v) is 6.76. The minimum absolute atomic E-state index is 0.000534. The highest BCUT2D eigenvalue weighted by molar-refractivity contribution is 6.35. The fraction of sp³-hybridized carbons (Fsp3) is 0.417. The average molecular weight is 524 g/mol. The molecule has 1 fully saturated rings. The Morgan fingerprint density at radius 3 is 2.75 bits per heavy atom. The number of amides is 2. The summed E-state index contributed by atoms with van der Waals surface area (Å²) in [5.74, 6) is -0.946. The van der Waals surface area contributed by atoms with Crippen molar-refractivity contribution in [2.75, 3.05) is 11.9 Å². The third-order valence-electron chi connectivity index (χ3n) is 6.35. The second-order valence-corrected chi connectivity index (χ2v) is 9.50. The Morgan fingerprint density at radius 1 is 1.33 bits per heavy atom. The number of nitrogens with one attached hydrogen (secondary N) is 1. The third kappa shape index (κ3) is 5.17.